The summed E-state index contributed by atoms with van der Waals surface area (Å²) in [4.78, 5) is 14.2. The van der Waals surface area contributed by atoms with Crippen LogP contribution in [-0.4, -0.2) is 20.0 Å². The maximum absolute atomic E-state index is 12.3. The summed E-state index contributed by atoms with van der Waals surface area (Å²) in [6.45, 7) is 0.501. The van der Waals surface area contributed by atoms with Crippen molar-refractivity contribution in [2.45, 2.75) is 6.54 Å². The fourth-order valence-electron chi connectivity index (χ4n) is 2.00. The van der Waals surface area contributed by atoms with Crippen molar-refractivity contribution in [1.29, 1.82) is 0 Å². The van der Waals surface area contributed by atoms with Crippen molar-refractivity contribution in [2.24, 2.45) is 0 Å². The predicted molar refractivity (Wildman–Crippen MR) is 82.8 cm³/mol. The fourth-order valence-corrected chi connectivity index (χ4v) is 2.00. The van der Waals surface area contributed by atoms with Gasteiger partial charge in [-0.2, -0.15) is 0 Å². The highest BCUT2D eigenvalue weighted by molar-refractivity contribution is 6.00. The highest BCUT2D eigenvalue weighted by atomic mass is 16.1. The van der Waals surface area contributed by atoms with Crippen molar-refractivity contribution >= 4 is 17.3 Å². The minimum absolute atomic E-state index is 0.121. The maximum Gasteiger partial charge on any atom is 0.253 e. The van der Waals surface area contributed by atoms with Crippen molar-refractivity contribution in [1.82, 2.24) is 5.32 Å². The van der Waals surface area contributed by atoms with Crippen LogP contribution >= 0.6 is 0 Å². The lowest BCUT2D eigenvalue weighted by Gasteiger charge is -2.17. The summed E-state index contributed by atoms with van der Waals surface area (Å²) < 4.78 is 0. The number of hydrogen-bond acceptors (Lipinski definition) is 3. The molecule has 0 fully saturated rings. The van der Waals surface area contributed by atoms with Crippen LogP contribution in [0.4, 0.5) is 11.4 Å². The summed E-state index contributed by atoms with van der Waals surface area (Å²) in [7, 11) is 3.80. The Balaban J connectivity index is 2.15. The van der Waals surface area contributed by atoms with E-state index in [1.54, 1.807) is 12.1 Å². The van der Waals surface area contributed by atoms with Crippen LogP contribution in [0.25, 0.3) is 0 Å². The Kier molecular flexibility index (Phi) is 4.25. The molecule has 2 rings (SSSR count). The Hall–Kier alpha value is -2.49. The molecule has 20 heavy (non-hydrogen) atoms. The van der Waals surface area contributed by atoms with E-state index in [4.69, 9.17) is 5.73 Å². The zero-order valence-corrected chi connectivity index (χ0v) is 11.8. The first-order chi connectivity index (χ1) is 9.58. The Morgan fingerprint density at radius 3 is 2.50 bits per heavy atom. The van der Waals surface area contributed by atoms with Gasteiger partial charge in [-0.1, -0.05) is 30.3 Å². The maximum atomic E-state index is 12.3. The number of amides is 1. The van der Waals surface area contributed by atoms with Crippen molar-refractivity contribution in [3.8, 4) is 0 Å². The summed E-state index contributed by atoms with van der Waals surface area (Å²) in [5.74, 6) is -0.121. The van der Waals surface area contributed by atoms with Crippen LogP contribution < -0.4 is 16.0 Å². The zero-order valence-electron chi connectivity index (χ0n) is 11.8. The molecule has 0 spiro atoms. The lowest BCUT2D eigenvalue weighted by molar-refractivity contribution is 0.0951. The fraction of sp³-hybridized carbons (Fsp3) is 0.188. The highest BCUT2D eigenvalue weighted by Gasteiger charge is 2.13. The third-order valence-corrected chi connectivity index (χ3v) is 3.04. The second-order valence-corrected chi connectivity index (χ2v) is 4.84. The molecule has 4 heteroatoms. The molecule has 104 valence electrons. The van der Waals surface area contributed by atoms with Gasteiger partial charge in [0.15, 0.2) is 0 Å². The molecule has 1 amide bonds. The van der Waals surface area contributed by atoms with Crippen LogP contribution in [0, 0.1) is 0 Å². The number of rotatable bonds is 4. The van der Waals surface area contributed by atoms with Gasteiger partial charge in [0, 0.05) is 32.0 Å². The zero-order chi connectivity index (χ0) is 14.5. The largest absolute Gasteiger partial charge is 0.399 e. The molecule has 2 aromatic carbocycles. The van der Waals surface area contributed by atoms with Gasteiger partial charge in [0.2, 0.25) is 0 Å². The standard InChI is InChI=1S/C16H19N3O/c1-19(2)15-9-8-13(17)10-14(15)16(20)18-11-12-6-4-3-5-7-12/h3-10H,11,17H2,1-2H3,(H,18,20). The number of nitrogens with one attached hydrogen (secondary N) is 1. The van der Waals surface area contributed by atoms with Gasteiger partial charge in [-0.25, -0.2) is 0 Å². The highest BCUT2D eigenvalue weighted by Crippen LogP contribution is 2.21. The summed E-state index contributed by atoms with van der Waals surface area (Å²) >= 11 is 0. The lowest BCUT2D eigenvalue weighted by atomic mass is 10.1. The van der Waals surface area contributed by atoms with E-state index in [1.165, 1.54) is 0 Å². The Labute approximate surface area is 119 Å². The number of benzene rings is 2. The average Bonchev–Trinajstić information content (AvgIpc) is 2.45. The van der Waals surface area contributed by atoms with E-state index in [-0.39, 0.29) is 5.91 Å². The van der Waals surface area contributed by atoms with Gasteiger partial charge in [-0.3, -0.25) is 4.79 Å². The monoisotopic (exact) mass is 269 g/mol. The third-order valence-electron chi connectivity index (χ3n) is 3.04. The van der Waals surface area contributed by atoms with Crippen molar-refractivity contribution < 1.29 is 4.79 Å². The Bertz CT molecular complexity index is 594. The van der Waals surface area contributed by atoms with E-state index < -0.39 is 0 Å². The first kappa shape index (κ1) is 13.9. The van der Waals surface area contributed by atoms with Gasteiger partial charge >= 0.3 is 0 Å². The third kappa shape index (κ3) is 3.29. The van der Waals surface area contributed by atoms with E-state index in [1.807, 2.05) is 55.4 Å². The molecular formula is C16H19N3O. The molecule has 0 aliphatic rings. The van der Waals surface area contributed by atoms with Gasteiger partial charge in [-0.05, 0) is 23.8 Å². The summed E-state index contributed by atoms with van der Waals surface area (Å²) in [5.41, 5.74) is 8.86. The Morgan fingerprint density at radius 2 is 1.85 bits per heavy atom. The number of anilines is 2. The normalized spacial score (nSPS) is 10.1. The lowest BCUT2D eigenvalue weighted by Crippen LogP contribution is -2.25. The van der Waals surface area contributed by atoms with Gasteiger partial charge in [0.05, 0.1) is 5.56 Å². The molecule has 0 saturated heterocycles. The average molecular weight is 269 g/mol. The van der Waals surface area contributed by atoms with Crippen molar-refractivity contribution in [2.75, 3.05) is 24.7 Å². The van der Waals surface area contributed by atoms with Crippen LogP contribution in [0.3, 0.4) is 0 Å². The number of carbonyl (C=O) groups excluding carboxylic acids is 1. The topological polar surface area (TPSA) is 58.4 Å². The van der Waals surface area contributed by atoms with E-state index >= 15 is 0 Å². The molecule has 0 atom stereocenters. The van der Waals surface area contributed by atoms with Gasteiger partial charge < -0.3 is 16.0 Å². The number of nitrogens with zero attached hydrogens (tertiary/aromatic N) is 1. The first-order valence-electron chi connectivity index (χ1n) is 6.47. The quantitative estimate of drug-likeness (QED) is 0.837. The molecule has 0 aliphatic heterocycles. The first-order valence-corrected chi connectivity index (χ1v) is 6.47. The molecule has 0 bridgehead atoms. The summed E-state index contributed by atoms with van der Waals surface area (Å²) in [5, 5.41) is 2.92. The van der Waals surface area contributed by atoms with Crippen LogP contribution in [0.2, 0.25) is 0 Å². The Morgan fingerprint density at radius 1 is 1.15 bits per heavy atom. The van der Waals surface area contributed by atoms with Crippen LogP contribution in [0.15, 0.2) is 48.5 Å². The molecular weight excluding hydrogens is 250 g/mol. The van der Waals surface area contributed by atoms with E-state index in [0.29, 0.717) is 17.8 Å². The van der Waals surface area contributed by atoms with Gasteiger partial charge in [0.1, 0.15) is 0 Å². The second kappa shape index (κ2) is 6.10. The van der Waals surface area contributed by atoms with E-state index in [0.717, 1.165) is 11.3 Å². The van der Waals surface area contributed by atoms with E-state index in [2.05, 4.69) is 5.32 Å². The molecule has 0 heterocycles. The molecule has 0 unspecified atom stereocenters. The molecule has 2 aromatic rings. The molecule has 3 N–H and O–H groups in total. The predicted octanol–water partition coefficient (Wildman–Crippen LogP) is 2.26. The minimum atomic E-state index is -0.121. The smallest absolute Gasteiger partial charge is 0.253 e. The van der Waals surface area contributed by atoms with Crippen LogP contribution in [0.1, 0.15) is 15.9 Å². The molecule has 0 saturated carbocycles. The van der Waals surface area contributed by atoms with Gasteiger partial charge in [0.25, 0.3) is 5.91 Å². The van der Waals surface area contributed by atoms with Crippen molar-refractivity contribution in [3.05, 3.63) is 59.7 Å². The number of nitrogen functional groups attached to an aromatic ring is 1. The molecule has 0 radical (unpaired) electrons. The minimum Gasteiger partial charge on any atom is -0.399 e. The molecule has 0 aromatic heterocycles. The van der Waals surface area contributed by atoms with Gasteiger partial charge in [-0.15, -0.1) is 0 Å². The second-order valence-electron chi connectivity index (χ2n) is 4.84. The van der Waals surface area contributed by atoms with E-state index in [9.17, 15) is 4.79 Å². The molecule has 4 nitrogen and oxygen atoms in total. The van der Waals surface area contributed by atoms with Crippen LogP contribution in [-0.2, 0) is 6.54 Å². The van der Waals surface area contributed by atoms with Crippen molar-refractivity contribution in [3.63, 3.8) is 0 Å². The van der Waals surface area contributed by atoms with Crippen LogP contribution in [0.5, 0.6) is 0 Å². The summed E-state index contributed by atoms with van der Waals surface area (Å²) in [6.07, 6.45) is 0. The number of carbonyl (C=O) groups is 1. The SMILES string of the molecule is CN(C)c1ccc(N)cc1C(=O)NCc1ccccc1. The molecule has 0 aliphatic carbocycles. The number of hydrogen-bond donors (Lipinski definition) is 2. The summed E-state index contributed by atoms with van der Waals surface area (Å²) in [6, 6.07) is 15.2. The number of nitrogens with two attached hydrogens (primary N) is 1.